The fraction of sp³-hybridized carbons (Fsp3) is 0.657. The molecule has 0 aliphatic carbocycles. The molecule has 0 saturated heterocycles. The summed E-state index contributed by atoms with van der Waals surface area (Å²) in [6, 6.07) is 0. The summed E-state index contributed by atoms with van der Waals surface area (Å²) in [5.74, 6) is -0.954. The Hall–Kier alpha value is -4.19. The van der Waals surface area contributed by atoms with Crippen LogP contribution in [0.5, 0.6) is 0 Å². The van der Waals surface area contributed by atoms with Gasteiger partial charge < -0.3 is 14.2 Å². The van der Waals surface area contributed by atoms with Crippen molar-refractivity contribution in [1.82, 2.24) is 0 Å². The fourth-order valence-electron chi connectivity index (χ4n) is 7.98. The smallest absolute Gasteiger partial charge is 0.306 e. The minimum Gasteiger partial charge on any atom is -0.462 e. The Morgan fingerprint density at radius 2 is 0.534 bits per heavy atom. The first-order valence-electron chi connectivity index (χ1n) is 30.0. The van der Waals surface area contributed by atoms with Gasteiger partial charge in [0.15, 0.2) is 6.10 Å². The summed E-state index contributed by atoms with van der Waals surface area (Å²) >= 11 is 0. The lowest BCUT2D eigenvalue weighted by atomic mass is 10.0. The summed E-state index contributed by atoms with van der Waals surface area (Å²) < 4.78 is 16.8. The minimum absolute atomic E-state index is 0.101. The molecular formula is C67H110O6. The van der Waals surface area contributed by atoms with Crippen LogP contribution in [0.3, 0.4) is 0 Å². The van der Waals surface area contributed by atoms with E-state index in [9.17, 15) is 14.4 Å². The zero-order valence-corrected chi connectivity index (χ0v) is 47.4. The molecule has 0 aromatic heterocycles. The average molecular weight is 1010 g/mol. The summed E-state index contributed by atoms with van der Waals surface area (Å²) in [4.78, 5) is 38.2. The zero-order chi connectivity index (χ0) is 52.9. The molecule has 0 aromatic rings. The van der Waals surface area contributed by atoms with Gasteiger partial charge in [0, 0.05) is 19.3 Å². The summed E-state index contributed by atoms with van der Waals surface area (Å²) in [5, 5.41) is 0. The number of carbonyl (C=O) groups excluding carboxylic acids is 3. The molecule has 0 N–H and O–H groups in total. The van der Waals surface area contributed by atoms with Crippen molar-refractivity contribution in [3.05, 3.63) is 122 Å². The normalized spacial score (nSPS) is 13.0. The van der Waals surface area contributed by atoms with Gasteiger partial charge in [-0.2, -0.15) is 0 Å². The minimum atomic E-state index is -0.807. The van der Waals surface area contributed by atoms with E-state index in [-0.39, 0.29) is 37.5 Å². The number of allylic oxidation sites excluding steroid dienone is 20. The molecule has 414 valence electrons. The van der Waals surface area contributed by atoms with E-state index >= 15 is 0 Å². The predicted molar refractivity (Wildman–Crippen MR) is 316 cm³/mol. The maximum absolute atomic E-state index is 12.8. The van der Waals surface area contributed by atoms with Crippen molar-refractivity contribution in [1.29, 1.82) is 0 Å². The maximum atomic E-state index is 12.8. The second kappa shape index (κ2) is 60.4. The van der Waals surface area contributed by atoms with Crippen LogP contribution in [0.1, 0.15) is 265 Å². The van der Waals surface area contributed by atoms with E-state index in [0.717, 1.165) is 122 Å². The van der Waals surface area contributed by atoms with Gasteiger partial charge in [-0.3, -0.25) is 14.4 Å². The third kappa shape index (κ3) is 58.6. The second-order valence-corrected chi connectivity index (χ2v) is 19.5. The molecule has 6 heteroatoms. The van der Waals surface area contributed by atoms with Crippen LogP contribution >= 0.6 is 0 Å². The molecule has 0 heterocycles. The highest BCUT2D eigenvalue weighted by Gasteiger charge is 2.19. The Kier molecular flexibility index (Phi) is 56.9. The largest absolute Gasteiger partial charge is 0.462 e. The van der Waals surface area contributed by atoms with Crippen LogP contribution in [0, 0.1) is 0 Å². The number of hydrogen-bond donors (Lipinski definition) is 0. The van der Waals surface area contributed by atoms with Gasteiger partial charge in [-0.05, 0) is 128 Å². The SMILES string of the molecule is CC/C=C\C/C=C\C/C=C\C/C=C\C/C=C\CCCCCCCCCCCCCC(=O)OCC(COC(=O)CCCCCCC/C=C\CCCCCC)OC(=O)CCCC/C=C\C/C=C\C/C=C\C/C=C\CC. The molecule has 0 fully saturated rings. The van der Waals surface area contributed by atoms with E-state index in [4.69, 9.17) is 14.2 Å². The number of rotatable bonds is 53. The Balaban J connectivity index is 4.34. The van der Waals surface area contributed by atoms with E-state index in [2.05, 4.69) is 142 Å². The molecule has 0 spiro atoms. The molecule has 0 rings (SSSR count). The molecule has 0 saturated carbocycles. The predicted octanol–water partition coefficient (Wildman–Crippen LogP) is 20.4. The summed E-state index contributed by atoms with van der Waals surface area (Å²) in [7, 11) is 0. The molecule has 0 aliphatic rings. The van der Waals surface area contributed by atoms with Gasteiger partial charge in [-0.15, -0.1) is 0 Å². The van der Waals surface area contributed by atoms with Crippen LogP contribution in [-0.4, -0.2) is 37.2 Å². The lowest BCUT2D eigenvalue weighted by Crippen LogP contribution is -2.30. The molecule has 0 aromatic carbocycles. The number of ether oxygens (including phenoxy) is 3. The number of esters is 3. The molecule has 1 unspecified atom stereocenters. The molecular weight excluding hydrogens is 901 g/mol. The Morgan fingerprint density at radius 1 is 0.288 bits per heavy atom. The summed E-state index contributed by atoms with van der Waals surface area (Å²) in [6.07, 6.45) is 83.4. The Labute approximate surface area is 450 Å². The maximum Gasteiger partial charge on any atom is 0.306 e. The highest BCUT2D eigenvalue weighted by atomic mass is 16.6. The van der Waals surface area contributed by atoms with E-state index in [0.29, 0.717) is 19.3 Å². The first-order chi connectivity index (χ1) is 36.0. The standard InChI is InChI=1S/C67H110O6/c1-4-7-10-13-16-19-22-25-27-28-29-30-31-32-33-34-35-36-37-38-40-42-45-48-51-54-57-60-66(69)72-63-64(62-71-65(68)59-56-53-50-47-44-41-24-21-18-15-12-9-6-3)73-67(70)61-58-55-52-49-46-43-39-26-23-20-17-14-11-8-5-2/h7-8,10-11,16-17,19-21,24-27,29-30,32-33,39,46,49,64H,4-6,9,12-15,18,22-23,28,31,34-38,40-45,47-48,50-63H2,1-3H3/b10-7-,11-8-,19-16-,20-17-,24-21-,27-25-,30-29-,33-32-,39-26-,49-46-. The van der Waals surface area contributed by atoms with Crippen molar-refractivity contribution in [2.45, 2.75) is 271 Å². The highest BCUT2D eigenvalue weighted by molar-refractivity contribution is 5.71. The second-order valence-electron chi connectivity index (χ2n) is 19.5. The molecule has 6 nitrogen and oxygen atoms in total. The van der Waals surface area contributed by atoms with E-state index in [1.54, 1.807) is 0 Å². The molecule has 0 amide bonds. The Morgan fingerprint density at radius 3 is 0.877 bits per heavy atom. The van der Waals surface area contributed by atoms with Crippen LogP contribution in [0.4, 0.5) is 0 Å². The van der Waals surface area contributed by atoms with Gasteiger partial charge in [0.1, 0.15) is 13.2 Å². The molecule has 0 radical (unpaired) electrons. The van der Waals surface area contributed by atoms with Gasteiger partial charge in [-0.25, -0.2) is 0 Å². The van der Waals surface area contributed by atoms with Crippen molar-refractivity contribution < 1.29 is 28.6 Å². The number of carbonyl (C=O) groups is 3. The van der Waals surface area contributed by atoms with E-state index in [1.807, 2.05) is 0 Å². The van der Waals surface area contributed by atoms with E-state index < -0.39 is 6.10 Å². The molecule has 73 heavy (non-hydrogen) atoms. The lowest BCUT2D eigenvalue weighted by Gasteiger charge is -2.18. The quantitative estimate of drug-likeness (QED) is 0.0261. The lowest BCUT2D eigenvalue weighted by molar-refractivity contribution is -0.167. The molecule has 0 aliphatic heterocycles. The topological polar surface area (TPSA) is 78.9 Å². The third-order valence-electron chi connectivity index (χ3n) is 12.4. The van der Waals surface area contributed by atoms with Crippen LogP contribution < -0.4 is 0 Å². The summed E-state index contributed by atoms with van der Waals surface area (Å²) in [6.45, 7) is 6.35. The van der Waals surface area contributed by atoms with Crippen molar-refractivity contribution in [3.63, 3.8) is 0 Å². The van der Waals surface area contributed by atoms with Crippen LogP contribution in [0.2, 0.25) is 0 Å². The van der Waals surface area contributed by atoms with Gasteiger partial charge in [-0.1, -0.05) is 239 Å². The zero-order valence-electron chi connectivity index (χ0n) is 47.4. The number of hydrogen-bond acceptors (Lipinski definition) is 6. The monoisotopic (exact) mass is 1010 g/mol. The number of unbranched alkanes of at least 4 members (excludes halogenated alkanes) is 22. The fourth-order valence-corrected chi connectivity index (χ4v) is 7.98. The van der Waals surface area contributed by atoms with Crippen LogP contribution in [-0.2, 0) is 28.6 Å². The van der Waals surface area contributed by atoms with Crippen molar-refractivity contribution in [3.8, 4) is 0 Å². The van der Waals surface area contributed by atoms with Crippen molar-refractivity contribution in [2.75, 3.05) is 13.2 Å². The Bertz CT molecular complexity index is 1540. The average Bonchev–Trinajstić information content (AvgIpc) is 3.39. The van der Waals surface area contributed by atoms with E-state index in [1.165, 1.54) is 96.3 Å². The first-order valence-corrected chi connectivity index (χ1v) is 30.0. The van der Waals surface area contributed by atoms with Gasteiger partial charge >= 0.3 is 17.9 Å². The van der Waals surface area contributed by atoms with Gasteiger partial charge in [0.2, 0.25) is 0 Å². The molecule has 0 bridgehead atoms. The van der Waals surface area contributed by atoms with Crippen molar-refractivity contribution >= 4 is 17.9 Å². The molecule has 1 atom stereocenters. The van der Waals surface area contributed by atoms with Gasteiger partial charge in [0.05, 0.1) is 0 Å². The van der Waals surface area contributed by atoms with Crippen LogP contribution in [0.15, 0.2) is 122 Å². The van der Waals surface area contributed by atoms with Crippen molar-refractivity contribution in [2.24, 2.45) is 0 Å². The summed E-state index contributed by atoms with van der Waals surface area (Å²) in [5.41, 5.74) is 0. The first kappa shape index (κ1) is 68.8. The van der Waals surface area contributed by atoms with Crippen LogP contribution in [0.25, 0.3) is 0 Å². The highest BCUT2D eigenvalue weighted by Crippen LogP contribution is 2.15. The van der Waals surface area contributed by atoms with Gasteiger partial charge in [0.25, 0.3) is 0 Å². The third-order valence-corrected chi connectivity index (χ3v) is 12.4.